The normalized spacial score (nSPS) is 19.5. The monoisotopic (exact) mass is 462 g/mol. The van der Waals surface area contributed by atoms with Crippen LogP contribution < -0.4 is 4.74 Å². The van der Waals surface area contributed by atoms with E-state index in [2.05, 4.69) is 0 Å². The number of cyclic esters (lactones) is 1. The van der Waals surface area contributed by atoms with Gasteiger partial charge >= 0.3 is 12.1 Å². The number of sulfone groups is 1. The molecule has 166 valence electrons. The van der Waals surface area contributed by atoms with Crippen LogP contribution in [0.2, 0.25) is 0 Å². The molecule has 2 aromatic carbocycles. The maximum absolute atomic E-state index is 13.5. The van der Waals surface area contributed by atoms with E-state index in [4.69, 9.17) is 9.47 Å². The predicted octanol–water partition coefficient (Wildman–Crippen LogP) is 4.43. The van der Waals surface area contributed by atoms with E-state index in [1.165, 1.54) is 12.1 Å². The molecule has 0 amide bonds. The van der Waals surface area contributed by atoms with Crippen LogP contribution >= 0.6 is 0 Å². The molecule has 11 heteroatoms. The highest BCUT2D eigenvalue weighted by atomic mass is 32.2. The first-order chi connectivity index (χ1) is 14.2. The van der Waals surface area contributed by atoms with Crippen LogP contribution in [0.4, 0.5) is 22.0 Å². The molecular formula is C20H15F5O5S. The van der Waals surface area contributed by atoms with Gasteiger partial charge < -0.3 is 9.47 Å². The van der Waals surface area contributed by atoms with Crippen molar-refractivity contribution in [3.05, 3.63) is 65.4 Å². The predicted molar refractivity (Wildman–Crippen MR) is 98.6 cm³/mol. The van der Waals surface area contributed by atoms with E-state index in [9.17, 15) is 35.2 Å². The van der Waals surface area contributed by atoms with Gasteiger partial charge in [0.05, 0.1) is 16.9 Å². The summed E-state index contributed by atoms with van der Waals surface area (Å²) in [5.41, 5.74) is -2.47. The summed E-state index contributed by atoms with van der Waals surface area (Å²) in [5.74, 6) is -4.70. The first kappa shape index (κ1) is 22.7. The van der Waals surface area contributed by atoms with Crippen molar-refractivity contribution in [2.24, 2.45) is 0 Å². The zero-order chi connectivity index (χ0) is 23.2. The molecule has 1 aliphatic rings. The van der Waals surface area contributed by atoms with Gasteiger partial charge in [-0.2, -0.15) is 13.2 Å². The molecule has 0 bridgehead atoms. The summed E-state index contributed by atoms with van der Waals surface area (Å²) >= 11 is 0. The van der Waals surface area contributed by atoms with Crippen molar-refractivity contribution in [1.82, 2.24) is 0 Å². The second-order valence-corrected chi connectivity index (χ2v) is 9.11. The zero-order valence-electron chi connectivity index (χ0n) is 16.1. The van der Waals surface area contributed by atoms with Crippen LogP contribution in [0.25, 0.3) is 5.57 Å². The number of carbonyl (C=O) groups is 1. The Morgan fingerprint density at radius 3 is 2.16 bits per heavy atom. The van der Waals surface area contributed by atoms with E-state index < -0.39 is 51.4 Å². The molecule has 0 saturated carbocycles. The maximum Gasteiger partial charge on any atom is 0.393 e. The zero-order valence-corrected chi connectivity index (χ0v) is 16.9. The summed E-state index contributed by atoms with van der Waals surface area (Å²) in [5, 5.41) is 0. The minimum Gasteiger partial charge on any atom is -0.449 e. The molecular weight excluding hydrogens is 447 g/mol. The average Bonchev–Trinajstić information content (AvgIpc) is 2.85. The molecule has 31 heavy (non-hydrogen) atoms. The Bertz CT molecular complexity index is 1170. The standard InChI is InChI=1S/C20H15F5O5S/c1-19(10-20(23,24)25)16(11-3-6-13(7-4-11)31(2,27)28)17(18(26)30-19)29-12-5-8-14(21)15(22)9-12/h3-9H,10H2,1-2H3/t19-/m1/s1. The molecule has 0 N–H and O–H groups in total. The van der Waals surface area contributed by atoms with Crippen molar-refractivity contribution in [2.45, 2.75) is 30.0 Å². The lowest BCUT2D eigenvalue weighted by molar-refractivity contribution is -0.176. The maximum atomic E-state index is 13.5. The van der Waals surface area contributed by atoms with Crippen molar-refractivity contribution in [3.63, 3.8) is 0 Å². The third-order valence-electron chi connectivity index (χ3n) is 4.48. The molecule has 1 aliphatic heterocycles. The van der Waals surface area contributed by atoms with Gasteiger partial charge in [-0.05, 0) is 36.8 Å². The van der Waals surface area contributed by atoms with Crippen molar-refractivity contribution >= 4 is 21.4 Å². The molecule has 0 saturated heterocycles. The SMILES string of the molecule is C[C@]1(CC(F)(F)F)OC(=O)C(Oc2ccc(F)c(F)c2)=C1c1ccc(S(C)(=O)=O)cc1. The Labute approximate surface area is 174 Å². The highest BCUT2D eigenvalue weighted by Gasteiger charge is 2.52. The fourth-order valence-corrected chi connectivity index (χ4v) is 3.84. The van der Waals surface area contributed by atoms with E-state index >= 15 is 0 Å². The largest absolute Gasteiger partial charge is 0.449 e. The number of rotatable bonds is 5. The molecule has 0 unspecified atom stereocenters. The minimum absolute atomic E-state index is 0.0302. The lowest BCUT2D eigenvalue weighted by atomic mass is 9.87. The molecule has 3 rings (SSSR count). The lowest BCUT2D eigenvalue weighted by Crippen LogP contribution is -2.33. The number of benzene rings is 2. The van der Waals surface area contributed by atoms with Crippen LogP contribution in [0.1, 0.15) is 18.9 Å². The van der Waals surface area contributed by atoms with Crippen LogP contribution in [-0.4, -0.2) is 32.4 Å². The Hall–Kier alpha value is -2.95. The summed E-state index contributed by atoms with van der Waals surface area (Å²) in [6.45, 7) is 1.03. The first-order valence-corrected chi connectivity index (χ1v) is 10.6. The van der Waals surface area contributed by atoms with Gasteiger partial charge in [-0.1, -0.05) is 12.1 Å². The molecule has 0 aromatic heterocycles. The van der Waals surface area contributed by atoms with Gasteiger partial charge in [0.15, 0.2) is 21.5 Å². The fraction of sp³-hybridized carbons (Fsp3) is 0.250. The van der Waals surface area contributed by atoms with Crippen molar-refractivity contribution in [3.8, 4) is 5.75 Å². The quantitative estimate of drug-likeness (QED) is 0.486. The Morgan fingerprint density at radius 1 is 1.03 bits per heavy atom. The van der Waals surface area contributed by atoms with Crippen molar-refractivity contribution < 1.29 is 44.6 Å². The highest BCUT2D eigenvalue weighted by Crippen LogP contribution is 2.46. The van der Waals surface area contributed by atoms with Crippen LogP contribution in [0, 0.1) is 11.6 Å². The second-order valence-electron chi connectivity index (χ2n) is 7.09. The van der Waals surface area contributed by atoms with E-state index in [1.807, 2.05) is 0 Å². The number of alkyl halides is 3. The minimum atomic E-state index is -4.73. The summed E-state index contributed by atoms with van der Waals surface area (Å²) < 4.78 is 99.9. The van der Waals surface area contributed by atoms with Crippen LogP contribution in [-0.2, 0) is 19.4 Å². The summed E-state index contributed by atoms with van der Waals surface area (Å²) in [4.78, 5) is 12.3. The molecule has 2 aromatic rings. The number of esters is 1. The highest BCUT2D eigenvalue weighted by molar-refractivity contribution is 7.90. The van der Waals surface area contributed by atoms with E-state index in [0.717, 1.165) is 37.4 Å². The average molecular weight is 462 g/mol. The third kappa shape index (κ3) is 4.87. The number of halogens is 5. The van der Waals surface area contributed by atoms with Crippen LogP contribution in [0.5, 0.6) is 5.75 Å². The van der Waals surface area contributed by atoms with Gasteiger partial charge in [0.1, 0.15) is 11.4 Å². The summed E-state index contributed by atoms with van der Waals surface area (Å²) in [7, 11) is -3.59. The number of ether oxygens (including phenoxy) is 2. The molecule has 0 fully saturated rings. The summed E-state index contributed by atoms with van der Waals surface area (Å²) in [6.07, 6.45) is -5.33. The summed E-state index contributed by atoms with van der Waals surface area (Å²) in [6, 6.07) is 7.06. The van der Waals surface area contributed by atoms with Gasteiger partial charge in [0.25, 0.3) is 0 Å². The number of hydrogen-bond donors (Lipinski definition) is 0. The van der Waals surface area contributed by atoms with E-state index in [-0.39, 0.29) is 21.8 Å². The van der Waals surface area contributed by atoms with Gasteiger partial charge in [-0.15, -0.1) is 0 Å². The Kier molecular flexibility index (Phi) is 5.59. The molecule has 0 aliphatic carbocycles. The van der Waals surface area contributed by atoms with Crippen molar-refractivity contribution in [1.29, 1.82) is 0 Å². The lowest BCUT2D eigenvalue weighted by Gasteiger charge is -2.27. The topological polar surface area (TPSA) is 69.7 Å². The number of carbonyl (C=O) groups excluding carboxylic acids is 1. The molecule has 5 nitrogen and oxygen atoms in total. The first-order valence-electron chi connectivity index (χ1n) is 8.68. The molecule has 1 heterocycles. The van der Waals surface area contributed by atoms with Gasteiger partial charge in [-0.25, -0.2) is 22.0 Å². The van der Waals surface area contributed by atoms with E-state index in [1.54, 1.807) is 0 Å². The molecule has 0 spiro atoms. The van der Waals surface area contributed by atoms with Gasteiger partial charge in [-0.3, -0.25) is 0 Å². The van der Waals surface area contributed by atoms with Gasteiger partial charge in [0, 0.05) is 12.3 Å². The molecule has 1 atom stereocenters. The van der Waals surface area contributed by atoms with Crippen LogP contribution in [0.15, 0.2) is 53.1 Å². The van der Waals surface area contributed by atoms with Gasteiger partial charge in [0.2, 0.25) is 5.76 Å². The Balaban J connectivity index is 2.16. The third-order valence-corrected chi connectivity index (χ3v) is 5.61. The van der Waals surface area contributed by atoms with E-state index in [0.29, 0.717) is 6.07 Å². The Morgan fingerprint density at radius 2 is 1.65 bits per heavy atom. The number of hydrogen-bond acceptors (Lipinski definition) is 5. The van der Waals surface area contributed by atoms with Crippen molar-refractivity contribution in [2.75, 3.05) is 6.26 Å². The smallest absolute Gasteiger partial charge is 0.393 e. The molecule has 0 radical (unpaired) electrons. The second kappa shape index (κ2) is 7.63. The van der Waals surface area contributed by atoms with Crippen LogP contribution in [0.3, 0.4) is 0 Å². The fourth-order valence-electron chi connectivity index (χ4n) is 3.21.